The molecular weight excluding hydrogens is 412 g/mol. The quantitative estimate of drug-likeness (QED) is 0.580. The minimum Gasteiger partial charge on any atom is -0.321 e. The molecule has 2 aliphatic carbocycles. The van der Waals surface area contributed by atoms with Crippen molar-refractivity contribution in [2.75, 3.05) is 5.32 Å². The van der Waals surface area contributed by atoms with Crippen LogP contribution in [0.2, 0.25) is 0 Å². The Bertz CT molecular complexity index is 1300. The number of nitrogens with one attached hydrogen (secondary N) is 2. The molecule has 2 aliphatic rings. The summed E-state index contributed by atoms with van der Waals surface area (Å²) in [5, 5.41) is 12.7. The average molecular weight is 437 g/mol. The Labute approximate surface area is 181 Å². The van der Waals surface area contributed by atoms with E-state index in [9.17, 15) is 9.00 Å². The molecule has 1 amide bonds. The third-order valence-electron chi connectivity index (χ3n) is 6.12. The molecule has 1 aromatic carbocycles. The van der Waals surface area contributed by atoms with Gasteiger partial charge in [-0.2, -0.15) is 5.10 Å². The number of rotatable bonds is 4. The molecule has 2 aromatic heterocycles. The van der Waals surface area contributed by atoms with Crippen molar-refractivity contribution in [1.29, 1.82) is 4.78 Å². The van der Waals surface area contributed by atoms with Crippen LogP contribution in [-0.2, 0) is 29.2 Å². The Hall–Kier alpha value is -3.04. The molecular formula is C22H24N6O2S. The van der Waals surface area contributed by atoms with Crippen molar-refractivity contribution in [3.8, 4) is 5.69 Å². The highest BCUT2D eigenvalue weighted by atomic mass is 32.2. The van der Waals surface area contributed by atoms with Crippen molar-refractivity contribution in [3.05, 3.63) is 64.6 Å². The summed E-state index contributed by atoms with van der Waals surface area (Å²) in [7, 11) is -3.69. The lowest BCUT2D eigenvalue weighted by Gasteiger charge is -2.16. The molecule has 1 unspecified atom stereocenters. The van der Waals surface area contributed by atoms with Gasteiger partial charge >= 0.3 is 0 Å². The lowest BCUT2D eigenvalue weighted by atomic mass is 10.0. The van der Waals surface area contributed by atoms with Gasteiger partial charge < -0.3 is 5.32 Å². The van der Waals surface area contributed by atoms with Gasteiger partial charge in [0.2, 0.25) is 0 Å². The number of para-hydroxylation sites is 1. The Kier molecular flexibility index (Phi) is 4.67. The maximum Gasteiger partial charge on any atom is 0.260 e. The minimum atomic E-state index is -3.69. The zero-order chi connectivity index (χ0) is 21.8. The first kappa shape index (κ1) is 19.9. The summed E-state index contributed by atoms with van der Waals surface area (Å²) in [6.07, 6.45) is 6.18. The minimum absolute atomic E-state index is 0.0507. The monoisotopic (exact) mass is 436 g/mol. The van der Waals surface area contributed by atoms with E-state index in [4.69, 9.17) is 14.9 Å². The molecule has 0 saturated heterocycles. The van der Waals surface area contributed by atoms with Crippen LogP contribution in [0.25, 0.3) is 5.69 Å². The molecule has 5 rings (SSSR count). The van der Waals surface area contributed by atoms with Gasteiger partial charge in [0.1, 0.15) is 0 Å². The summed E-state index contributed by atoms with van der Waals surface area (Å²) in [6, 6.07) is 9.16. The van der Waals surface area contributed by atoms with E-state index in [2.05, 4.69) is 17.3 Å². The number of carbonyl (C=O) groups is 1. The normalized spacial score (nSPS) is 19.0. The molecule has 3 aromatic rings. The molecule has 0 aliphatic heterocycles. The van der Waals surface area contributed by atoms with Crippen LogP contribution in [0.5, 0.6) is 0 Å². The fourth-order valence-electron chi connectivity index (χ4n) is 4.58. The first-order valence-corrected chi connectivity index (χ1v) is 12.0. The number of hydrogen-bond acceptors (Lipinski definition) is 5. The van der Waals surface area contributed by atoms with Crippen molar-refractivity contribution >= 4 is 21.5 Å². The van der Waals surface area contributed by atoms with Gasteiger partial charge in [0.05, 0.1) is 16.9 Å². The van der Waals surface area contributed by atoms with Crippen molar-refractivity contribution in [2.24, 2.45) is 5.14 Å². The lowest BCUT2D eigenvalue weighted by molar-refractivity contribution is 0.102. The fourth-order valence-corrected chi connectivity index (χ4v) is 5.27. The van der Waals surface area contributed by atoms with Crippen LogP contribution in [-0.4, -0.2) is 24.9 Å². The predicted molar refractivity (Wildman–Crippen MR) is 118 cm³/mol. The highest BCUT2D eigenvalue weighted by Crippen LogP contribution is 2.41. The van der Waals surface area contributed by atoms with E-state index in [0.717, 1.165) is 60.3 Å². The number of nitrogens with zero attached hydrogens (tertiary/aromatic N) is 3. The zero-order valence-electron chi connectivity index (χ0n) is 17.2. The maximum absolute atomic E-state index is 13.4. The van der Waals surface area contributed by atoms with Crippen LogP contribution in [0.3, 0.4) is 0 Å². The lowest BCUT2D eigenvalue weighted by Crippen LogP contribution is -2.20. The second-order valence-electron chi connectivity index (χ2n) is 8.25. The highest BCUT2D eigenvalue weighted by Gasteiger charge is 2.31. The third-order valence-corrected chi connectivity index (χ3v) is 7.00. The largest absolute Gasteiger partial charge is 0.321 e. The molecule has 2 heterocycles. The number of aromatic nitrogens is 3. The standard InChI is InChI=1S/C22H24N6O2S/c1-13-10-11-16-19(13)25-18-9-5-8-15(18)20(16)26-21(29)17-12-28(14-6-3-2-4-7-14)27-22(17)31(23,24)30/h2-4,6-7,12-13H,5,8-11H2,1H3,(H3,23,24,30)(H,25,26,29)/t13-/m1/s1. The van der Waals surface area contributed by atoms with Gasteiger partial charge in [-0.25, -0.2) is 18.8 Å². The van der Waals surface area contributed by atoms with Crippen molar-refractivity contribution < 1.29 is 9.00 Å². The predicted octanol–water partition coefficient (Wildman–Crippen LogP) is 3.34. The van der Waals surface area contributed by atoms with Crippen LogP contribution < -0.4 is 10.5 Å². The van der Waals surface area contributed by atoms with Gasteiger partial charge in [0.25, 0.3) is 5.91 Å². The first-order valence-electron chi connectivity index (χ1n) is 10.4. The van der Waals surface area contributed by atoms with Crippen LogP contribution >= 0.6 is 0 Å². The van der Waals surface area contributed by atoms with E-state index in [1.54, 1.807) is 0 Å². The Morgan fingerprint density at radius 3 is 2.74 bits per heavy atom. The van der Waals surface area contributed by atoms with Crippen molar-refractivity contribution in [1.82, 2.24) is 14.8 Å². The van der Waals surface area contributed by atoms with Gasteiger partial charge in [0, 0.05) is 17.6 Å². The second kappa shape index (κ2) is 7.28. The number of pyridine rings is 1. The Morgan fingerprint density at radius 1 is 1.23 bits per heavy atom. The summed E-state index contributed by atoms with van der Waals surface area (Å²) < 4.78 is 21.7. The molecule has 9 heteroatoms. The van der Waals surface area contributed by atoms with Crippen molar-refractivity contribution in [2.45, 2.75) is 50.0 Å². The highest BCUT2D eigenvalue weighted by molar-refractivity contribution is 7.90. The van der Waals surface area contributed by atoms with Gasteiger partial charge in [-0.1, -0.05) is 25.1 Å². The van der Waals surface area contributed by atoms with Crippen LogP contribution in [0.1, 0.15) is 58.6 Å². The van der Waals surface area contributed by atoms with Gasteiger partial charge in [-0.15, -0.1) is 0 Å². The van der Waals surface area contributed by atoms with Crippen LogP contribution in [0, 0.1) is 4.78 Å². The first-order chi connectivity index (χ1) is 14.8. The number of anilines is 1. The van der Waals surface area contributed by atoms with E-state index >= 15 is 0 Å². The Balaban J connectivity index is 1.58. The van der Waals surface area contributed by atoms with E-state index in [1.807, 2.05) is 30.3 Å². The zero-order valence-corrected chi connectivity index (χ0v) is 18.0. The van der Waals surface area contributed by atoms with E-state index in [-0.39, 0.29) is 10.6 Å². The van der Waals surface area contributed by atoms with Gasteiger partial charge in [0.15, 0.2) is 14.9 Å². The number of carbonyl (C=O) groups excluding carboxylic acids is 1. The molecule has 8 nitrogen and oxygen atoms in total. The number of fused-ring (bicyclic) bond motifs is 2. The molecule has 0 radical (unpaired) electrons. The third kappa shape index (κ3) is 3.43. The van der Waals surface area contributed by atoms with Crippen LogP contribution in [0.15, 0.2) is 41.6 Å². The Morgan fingerprint density at radius 2 is 2.00 bits per heavy atom. The molecule has 2 atom stereocenters. The molecule has 4 N–H and O–H groups in total. The molecule has 160 valence electrons. The molecule has 0 spiro atoms. The van der Waals surface area contributed by atoms with E-state index in [1.165, 1.54) is 10.9 Å². The average Bonchev–Trinajstić information content (AvgIpc) is 3.47. The second-order valence-corrected chi connectivity index (χ2v) is 9.84. The summed E-state index contributed by atoms with van der Waals surface area (Å²) >= 11 is 0. The summed E-state index contributed by atoms with van der Waals surface area (Å²) in [4.78, 5) is 18.3. The maximum atomic E-state index is 13.4. The number of hydrogen-bond donors (Lipinski definition) is 3. The van der Waals surface area contributed by atoms with E-state index in [0.29, 0.717) is 11.6 Å². The summed E-state index contributed by atoms with van der Waals surface area (Å²) in [5.74, 6) is -0.0892. The number of benzene rings is 1. The fraction of sp³-hybridized carbons (Fsp3) is 0.318. The SMILES string of the molecule is C[C@@H]1CCc2c1nc1c(c2NC(=O)c2cn(-c3ccccc3)nc2S(=N)(N)=O)CCC1. The summed E-state index contributed by atoms with van der Waals surface area (Å²) in [6.45, 7) is 2.16. The van der Waals surface area contributed by atoms with Crippen LogP contribution in [0.4, 0.5) is 5.69 Å². The van der Waals surface area contributed by atoms with Gasteiger partial charge in [-0.05, 0) is 61.3 Å². The number of amides is 1. The van der Waals surface area contributed by atoms with E-state index < -0.39 is 15.8 Å². The van der Waals surface area contributed by atoms with Crippen molar-refractivity contribution in [3.63, 3.8) is 0 Å². The summed E-state index contributed by atoms with van der Waals surface area (Å²) in [5.41, 5.74) is 5.89. The smallest absolute Gasteiger partial charge is 0.260 e. The molecule has 0 bridgehead atoms. The molecule has 0 fully saturated rings. The molecule has 0 saturated carbocycles. The van der Waals surface area contributed by atoms with Gasteiger partial charge in [-0.3, -0.25) is 9.78 Å². The number of nitrogens with two attached hydrogens (primary N) is 1. The molecule has 31 heavy (non-hydrogen) atoms. The topological polar surface area (TPSA) is 127 Å². The number of aryl methyl sites for hydroxylation is 1.